The molecule has 0 radical (unpaired) electrons. The van der Waals surface area contributed by atoms with Crippen LogP contribution >= 0.6 is 0 Å². The van der Waals surface area contributed by atoms with E-state index in [1.165, 1.54) is 0 Å². The Hall–Kier alpha value is -0.810. The number of piperidine rings is 1. The first-order valence-corrected chi connectivity index (χ1v) is 6.91. The molecule has 1 rings (SSSR count). The van der Waals surface area contributed by atoms with Gasteiger partial charge in [0, 0.05) is 26.2 Å². The summed E-state index contributed by atoms with van der Waals surface area (Å²) in [6, 6.07) is 0.122. The molecule has 18 heavy (non-hydrogen) atoms. The van der Waals surface area contributed by atoms with E-state index in [9.17, 15) is 4.79 Å². The first-order valence-electron chi connectivity index (χ1n) is 6.91. The van der Waals surface area contributed by atoms with Gasteiger partial charge in [0.1, 0.15) is 0 Å². The van der Waals surface area contributed by atoms with Gasteiger partial charge in [0.2, 0.25) is 0 Å². The molecule has 106 valence electrons. The van der Waals surface area contributed by atoms with Gasteiger partial charge in [0.05, 0.1) is 19.8 Å². The quantitative estimate of drug-likeness (QED) is 0.728. The lowest BCUT2D eigenvalue weighted by Crippen LogP contribution is -2.47. The summed E-state index contributed by atoms with van der Waals surface area (Å²) in [5.41, 5.74) is 0. The molecule has 1 N–H and O–H groups in total. The lowest BCUT2D eigenvalue weighted by molar-refractivity contribution is 0.0724. The fourth-order valence-corrected chi connectivity index (χ4v) is 2.13. The number of likely N-dealkylation sites (N-methyl/N-ethyl adjacent to an activating group) is 1. The second-order valence-corrected chi connectivity index (χ2v) is 4.87. The van der Waals surface area contributed by atoms with Crippen LogP contribution in [0.3, 0.4) is 0 Å². The molecular weight excluding hydrogens is 232 g/mol. The molecule has 1 aliphatic rings. The summed E-state index contributed by atoms with van der Waals surface area (Å²) in [7, 11) is 0. The molecule has 0 spiro atoms. The van der Waals surface area contributed by atoms with E-state index in [2.05, 4.69) is 6.92 Å². The fourth-order valence-electron chi connectivity index (χ4n) is 2.13. The van der Waals surface area contributed by atoms with E-state index < -0.39 is 0 Å². The number of urea groups is 1. The molecule has 0 saturated carbocycles. The predicted octanol–water partition coefficient (Wildman–Crippen LogP) is 1.17. The van der Waals surface area contributed by atoms with Crippen LogP contribution in [0.15, 0.2) is 0 Å². The van der Waals surface area contributed by atoms with Crippen molar-refractivity contribution in [3.05, 3.63) is 0 Å². The van der Waals surface area contributed by atoms with Crippen molar-refractivity contribution in [2.75, 3.05) is 46.0 Å². The number of aliphatic hydroxyl groups is 1. The number of nitrogens with zero attached hydrogens (tertiary/aromatic N) is 2. The summed E-state index contributed by atoms with van der Waals surface area (Å²) in [4.78, 5) is 16.0. The zero-order valence-electron chi connectivity index (χ0n) is 11.6. The van der Waals surface area contributed by atoms with E-state index in [1.54, 1.807) is 0 Å². The molecule has 2 amide bonds. The molecule has 0 atom stereocenters. The minimum Gasteiger partial charge on any atom is -0.394 e. The van der Waals surface area contributed by atoms with Crippen molar-refractivity contribution in [3.63, 3.8) is 0 Å². The Balaban J connectivity index is 2.32. The Morgan fingerprint density at radius 2 is 2.06 bits per heavy atom. The predicted molar refractivity (Wildman–Crippen MR) is 70.5 cm³/mol. The number of aliphatic hydroxyl groups excluding tert-OH is 1. The van der Waals surface area contributed by atoms with Crippen molar-refractivity contribution < 1.29 is 14.6 Å². The summed E-state index contributed by atoms with van der Waals surface area (Å²) in [6.45, 7) is 8.12. The molecule has 0 aromatic rings. The van der Waals surface area contributed by atoms with E-state index in [4.69, 9.17) is 9.84 Å². The summed E-state index contributed by atoms with van der Waals surface area (Å²) < 4.78 is 5.21. The molecule has 0 unspecified atom stereocenters. The van der Waals surface area contributed by atoms with Gasteiger partial charge in [0.15, 0.2) is 0 Å². The second kappa shape index (κ2) is 8.32. The van der Waals surface area contributed by atoms with Crippen LogP contribution in [0.5, 0.6) is 0 Å². The third kappa shape index (κ3) is 4.82. The third-order valence-electron chi connectivity index (χ3n) is 3.45. The highest BCUT2D eigenvalue weighted by Crippen LogP contribution is 2.17. The molecule has 1 fully saturated rings. The number of ether oxygens (including phenoxy) is 1. The number of likely N-dealkylation sites (tertiary alicyclic amines) is 1. The number of hydrogen-bond donors (Lipinski definition) is 1. The molecular formula is C13H26N2O3. The van der Waals surface area contributed by atoms with Crippen molar-refractivity contribution in [3.8, 4) is 0 Å². The van der Waals surface area contributed by atoms with Crippen LogP contribution < -0.4 is 0 Å². The Kier molecular flexibility index (Phi) is 7.05. The van der Waals surface area contributed by atoms with Crippen LogP contribution in [0.2, 0.25) is 0 Å². The lowest BCUT2D eigenvalue weighted by Gasteiger charge is -2.34. The minimum absolute atomic E-state index is 0.0318. The monoisotopic (exact) mass is 258 g/mol. The van der Waals surface area contributed by atoms with Crippen LogP contribution in [-0.4, -0.2) is 66.9 Å². The summed E-state index contributed by atoms with van der Waals surface area (Å²) >= 11 is 0. The van der Waals surface area contributed by atoms with E-state index in [-0.39, 0.29) is 12.6 Å². The van der Waals surface area contributed by atoms with Gasteiger partial charge in [-0.05, 0) is 25.7 Å². The summed E-state index contributed by atoms with van der Waals surface area (Å²) in [5.74, 6) is 0.733. The molecule has 5 heteroatoms. The summed E-state index contributed by atoms with van der Waals surface area (Å²) in [6.07, 6.45) is 2.20. The van der Waals surface area contributed by atoms with E-state index >= 15 is 0 Å². The van der Waals surface area contributed by atoms with Crippen LogP contribution in [0.25, 0.3) is 0 Å². The fraction of sp³-hybridized carbons (Fsp3) is 0.923. The standard InChI is InChI=1S/C13H26N2O3/c1-3-14(8-10-18-11-9-16)13(17)15-6-4-12(2)5-7-15/h12,16H,3-11H2,1-2H3. The topological polar surface area (TPSA) is 53.0 Å². The molecule has 0 bridgehead atoms. The normalized spacial score (nSPS) is 16.9. The molecule has 0 aromatic carbocycles. The van der Waals surface area contributed by atoms with E-state index in [1.807, 2.05) is 16.7 Å². The molecule has 0 aliphatic carbocycles. The van der Waals surface area contributed by atoms with Gasteiger partial charge in [-0.3, -0.25) is 0 Å². The number of rotatable bonds is 6. The van der Waals surface area contributed by atoms with Gasteiger partial charge < -0.3 is 19.6 Å². The van der Waals surface area contributed by atoms with E-state index in [0.717, 1.165) is 31.8 Å². The molecule has 0 aromatic heterocycles. The Bertz CT molecular complexity index is 240. The van der Waals surface area contributed by atoms with E-state index in [0.29, 0.717) is 26.3 Å². The molecule has 5 nitrogen and oxygen atoms in total. The van der Waals surface area contributed by atoms with Gasteiger partial charge >= 0.3 is 6.03 Å². The minimum atomic E-state index is 0.0318. The first-order chi connectivity index (χ1) is 8.69. The van der Waals surface area contributed by atoms with Gasteiger partial charge in [-0.1, -0.05) is 6.92 Å². The van der Waals surface area contributed by atoms with Crippen LogP contribution in [0, 0.1) is 5.92 Å². The van der Waals surface area contributed by atoms with Gasteiger partial charge in [-0.15, -0.1) is 0 Å². The maximum Gasteiger partial charge on any atom is 0.320 e. The molecule has 1 aliphatic heterocycles. The average Bonchev–Trinajstić information content (AvgIpc) is 2.39. The first kappa shape index (κ1) is 15.2. The Morgan fingerprint density at radius 1 is 1.39 bits per heavy atom. The van der Waals surface area contributed by atoms with Crippen molar-refractivity contribution in [2.45, 2.75) is 26.7 Å². The highest BCUT2D eigenvalue weighted by Gasteiger charge is 2.23. The van der Waals surface area contributed by atoms with Crippen molar-refractivity contribution in [2.24, 2.45) is 5.92 Å². The summed E-state index contributed by atoms with van der Waals surface area (Å²) in [5, 5.41) is 8.61. The maximum atomic E-state index is 12.2. The largest absolute Gasteiger partial charge is 0.394 e. The SMILES string of the molecule is CCN(CCOCCO)C(=O)N1CCC(C)CC1. The maximum absolute atomic E-state index is 12.2. The zero-order valence-corrected chi connectivity index (χ0v) is 11.6. The highest BCUT2D eigenvalue weighted by molar-refractivity contribution is 5.74. The number of carbonyl (C=O) groups excluding carboxylic acids is 1. The number of hydrogen-bond acceptors (Lipinski definition) is 3. The van der Waals surface area contributed by atoms with Gasteiger partial charge in [-0.2, -0.15) is 0 Å². The van der Waals surface area contributed by atoms with Crippen molar-refractivity contribution in [1.82, 2.24) is 9.80 Å². The van der Waals surface area contributed by atoms with Crippen LogP contribution in [-0.2, 0) is 4.74 Å². The Morgan fingerprint density at radius 3 is 2.61 bits per heavy atom. The second-order valence-electron chi connectivity index (χ2n) is 4.87. The third-order valence-corrected chi connectivity index (χ3v) is 3.45. The van der Waals surface area contributed by atoms with Crippen LogP contribution in [0.1, 0.15) is 26.7 Å². The average molecular weight is 258 g/mol. The van der Waals surface area contributed by atoms with Gasteiger partial charge in [-0.25, -0.2) is 4.79 Å². The van der Waals surface area contributed by atoms with Crippen LogP contribution in [0.4, 0.5) is 4.79 Å². The number of carbonyl (C=O) groups is 1. The highest BCUT2D eigenvalue weighted by atomic mass is 16.5. The van der Waals surface area contributed by atoms with Crippen molar-refractivity contribution >= 4 is 6.03 Å². The lowest BCUT2D eigenvalue weighted by atomic mass is 10.00. The molecule has 1 heterocycles. The smallest absolute Gasteiger partial charge is 0.320 e. The van der Waals surface area contributed by atoms with Crippen molar-refractivity contribution in [1.29, 1.82) is 0 Å². The zero-order chi connectivity index (χ0) is 13.4. The number of amides is 2. The molecule has 1 saturated heterocycles. The van der Waals surface area contributed by atoms with Gasteiger partial charge in [0.25, 0.3) is 0 Å². The Labute approximate surface area is 110 Å².